The molecule has 3 aromatic rings. The van der Waals surface area contributed by atoms with Crippen molar-refractivity contribution in [3.05, 3.63) is 59.7 Å². The van der Waals surface area contributed by atoms with Crippen LogP contribution in [0.15, 0.2) is 52.9 Å². The van der Waals surface area contributed by atoms with Gasteiger partial charge in [0.25, 0.3) is 0 Å². The third kappa shape index (κ3) is 3.01. The Morgan fingerprint density at radius 2 is 1.90 bits per heavy atom. The van der Waals surface area contributed by atoms with Gasteiger partial charge < -0.3 is 9.73 Å². The lowest BCUT2D eigenvalue weighted by atomic mass is 10.1. The first-order chi connectivity index (χ1) is 10.3. The second kappa shape index (κ2) is 6.15. The number of aryl methyl sites for hydroxylation is 1. The van der Waals surface area contributed by atoms with Gasteiger partial charge in [-0.25, -0.2) is 0 Å². The van der Waals surface area contributed by atoms with Gasteiger partial charge in [0.15, 0.2) is 0 Å². The van der Waals surface area contributed by atoms with Crippen LogP contribution in [-0.4, -0.2) is 6.54 Å². The molecule has 2 nitrogen and oxygen atoms in total. The lowest BCUT2D eigenvalue weighted by Gasteiger charge is -2.05. The maximum Gasteiger partial charge on any atom is 0.137 e. The zero-order valence-corrected chi connectivity index (χ0v) is 12.6. The molecule has 21 heavy (non-hydrogen) atoms. The molecule has 108 valence electrons. The molecular weight excluding hydrogens is 258 g/mol. The lowest BCUT2D eigenvalue weighted by molar-refractivity contribution is 0.628. The summed E-state index contributed by atoms with van der Waals surface area (Å²) in [6.07, 6.45) is 1.16. The minimum absolute atomic E-state index is 0.904. The molecule has 0 saturated carbocycles. The van der Waals surface area contributed by atoms with Crippen LogP contribution in [0.3, 0.4) is 0 Å². The minimum atomic E-state index is 0.904. The average Bonchev–Trinajstić information content (AvgIpc) is 2.94. The fourth-order valence-corrected chi connectivity index (χ4v) is 2.60. The van der Waals surface area contributed by atoms with Crippen LogP contribution >= 0.6 is 0 Å². The van der Waals surface area contributed by atoms with E-state index < -0.39 is 0 Å². The first-order valence-electron chi connectivity index (χ1n) is 7.57. The Morgan fingerprint density at radius 3 is 2.71 bits per heavy atom. The quantitative estimate of drug-likeness (QED) is 0.671. The van der Waals surface area contributed by atoms with Crippen molar-refractivity contribution >= 4 is 11.0 Å². The number of hydrogen-bond donors (Lipinski definition) is 1. The number of rotatable bonds is 5. The van der Waals surface area contributed by atoms with Gasteiger partial charge in [0.1, 0.15) is 11.3 Å². The molecule has 3 rings (SSSR count). The normalized spacial score (nSPS) is 11.1. The summed E-state index contributed by atoms with van der Waals surface area (Å²) in [6.45, 7) is 6.22. The smallest absolute Gasteiger partial charge is 0.137 e. The molecule has 2 heteroatoms. The van der Waals surface area contributed by atoms with Gasteiger partial charge in [-0.3, -0.25) is 0 Å². The maximum absolute atomic E-state index is 6.05. The van der Waals surface area contributed by atoms with Crippen molar-refractivity contribution in [1.29, 1.82) is 0 Å². The summed E-state index contributed by atoms with van der Waals surface area (Å²) in [4.78, 5) is 0. The first kappa shape index (κ1) is 13.9. The van der Waals surface area contributed by atoms with Gasteiger partial charge in [-0.05, 0) is 43.1 Å². The average molecular weight is 279 g/mol. The fourth-order valence-electron chi connectivity index (χ4n) is 2.60. The first-order valence-corrected chi connectivity index (χ1v) is 7.57. The number of benzene rings is 2. The zero-order valence-electron chi connectivity index (χ0n) is 12.6. The molecular formula is C19H21NO. The molecule has 0 bridgehead atoms. The van der Waals surface area contributed by atoms with Crippen molar-refractivity contribution in [2.24, 2.45) is 0 Å². The Kier molecular flexibility index (Phi) is 4.07. The summed E-state index contributed by atoms with van der Waals surface area (Å²) < 4.78 is 6.05. The molecule has 0 saturated heterocycles. The summed E-state index contributed by atoms with van der Waals surface area (Å²) >= 11 is 0. The molecule has 0 fully saturated rings. The van der Waals surface area contributed by atoms with Gasteiger partial charge in [-0.15, -0.1) is 0 Å². The van der Waals surface area contributed by atoms with Crippen molar-refractivity contribution in [2.75, 3.05) is 6.54 Å². The number of furan rings is 1. The van der Waals surface area contributed by atoms with E-state index in [4.69, 9.17) is 4.42 Å². The van der Waals surface area contributed by atoms with E-state index in [1.807, 2.05) is 0 Å². The Balaban J connectivity index is 1.91. The summed E-state index contributed by atoms with van der Waals surface area (Å²) in [5.41, 5.74) is 4.60. The van der Waals surface area contributed by atoms with Crippen LogP contribution in [-0.2, 0) is 6.54 Å². The van der Waals surface area contributed by atoms with Crippen LogP contribution in [0.5, 0.6) is 0 Å². The van der Waals surface area contributed by atoms with E-state index in [1.165, 1.54) is 16.5 Å². The third-order valence-corrected chi connectivity index (χ3v) is 3.71. The summed E-state index contributed by atoms with van der Waals surface area (Å²) in [5, 5.41) is 4.60. The number of hydrogen-bond acceptors (Lipinski definition) is 2. The van der Waals surface area contributed by atoms with Crippen LogP contribution in [0, 0.1) is 6.92 Å². The minimum Gasteiger partial charge on any atom is -0.456 e. The molecule has 0 radical (unpaired) electrons. The maximum atomic E-state index is 6.05. The van der Waals surface area contributed by atoms with Crippen molar-refractivity contribution in [3.63, 3.8) is 0 Å². The number of para-hydroxylation sites is 1. The van der Waals surface area contributed by atoms with Gasteiger partial charge >= 0.3 is 0 Å². The van der Waals surface area contributed by atoms with E-state index in [-0.39, 0.29) is 0 Å². The number of nitrogens with one attached hydrogen (secondary N) is 1. The van der Waals surface area contributed by atoms with Crippen molar-refractivity contribution in [3.8, 4) is 11.3 Å². The molecule has 1 N–H and O–H groups in total. The Morgan fingerprint density at radius 1 is 1.05 bits per heavy atom. The Bertz CT molecular complexity index is 742. The highest BCUT2D eigenvalue weighted by molar-refractivity contribution is 5.85. The van der Waals surface area contributed by atoms with Crippen molar-refractivity contribution in [2.45, 2.75) is 26.8 Å². The summed E-state index contributed by atoms with van der Waals surface area (Å²) in [5.74, 6) is 0.941. The predicted octanol–water partition coefficient (Wildman–Crippen LogP) is 4.91. The topological polar surface area (TPSA) is 25.2 Å². The standard InChI is InChI=1S/C19H21NO/c1-3-10-20-13-15-7-5-8-16(11-15)18-12-17-9-4-6-14(2)19(17)21-18/h4-9,11-12,20H,3,10,13H2,1-2H3. The molecule has 0 unspecified atom stereocenters. The van der Waals surface area contributed by atoms with Crippen LogP contribution < -0.4 is 5.32 Å². The van der Waals surface area contributed by atoms with Gasteiger partial charge in [-0.2, -0.15) is 0 Å². The second-order valence-corrected chi connectivity index (χ2v) is 5.48. The van der Waals surface area contributed by atoms with Crippen LogP contribution in [0.2, 0.25) is 0 Å². The summed E-state index contributed by atoms with van der Waals surface area (Å²) in [7, 11) is 0. The molecule has 1 aromatic heterocycles. The monoisotopic (exact) mass is 279 g/mol. The molecule has 0 aliphatic carbocycles. The largest absolute Gasteiger partial charge is 0.456 e. The number of fused-ring (bicyclic) bond motifs is 1. The third-order valence-electron chi connectivity index (χ3n) is 3.71. The van der Waals surface area contributed by atoms with Gasteiger partial charge in [0.2, 0.25) is 0 Å². The van der Waals surface area contributed by atoms with Crippen LogP contribution in [0.4, 0.5) is 0 Å². The molecule has 0 spiro atoms. The van der Waals surface area contributed by atoms with E-state index in [1.54, 1.807) is 0 Å². The lowest BCUT2D eigenvalue weighted by Crippen LogP contribution is -2.13. The van der Waals surface area contributed by atoms with Crippen LogP contribution in [0.1, 0.15) is 24.5 Å². The van der Waals surface area contributed by atoms with E-state index >= 15 is 0 Å². The highest BCUT2D eigenvalue weighted by atomic mass is 16.3. The fraction of sp³-hybridized carbons (Fsp3) is 0.263. The molecule has 0 amide bonds. The van der Waals surface area contributed by atoms with E-state index in [9.17, 15) is 0 Å². The molecule has 1 heterocycles. The highest BCUT2D eigenvalue weighted by Crippen LogP contribution is 2.29. The van der Waals surface area contributed by atoms with Gasteiger partial charge in [-0.1, -0.05) is 43.3 Å². The van der Waals surface area contributed by atoms with Gasteiger partial charge in [0, 0.05) is 17.5 Å². The predicted molar refractivity (Wildman–Crippen MR) is 88.4 cm³/mol. The Labute approximate surface area is 125 Å². The SMILES string of the molecule is CCCNCc1cccc(-c2cc3cccc(C)c3o2)c1. The second-order valence-electron chi connectivity index (χ2n) is 5.48. The van der Waals surface area contributed by atoms with Gasteiger partial charge in [0.05, 0.1) is 0 Å². The van der Waals surface area contributed by atoms with Crippen LogP contribution in [0.25, 0.3) is 22.3 Å². The van der Waals surface area contributed by atoms with Crippen molar-refractivity contribution in [1.82, 2.24) is 5.32 Å². The molecule has 2 aromatic carbocycles. The van der Waals surface area contributed by atoms with Crippen molar-refractivity contribution < 1.29 is 4.42 Å². The Hall–Kier alpha value is -2.06. The van der Waals surface area contributed by atoms with E-state index in [0.717, 1.165) is 36.4 Å². The zero-order chi connectivity index (χ0) is 14.7. The molecule has 0 aliphatic heterocycles. The van der Waals surface area contributed by atoms with E-state index in [2.05, 4.69) is 67.7 Å². The molecule has 0 atom stereocenters. The molecule has 0 aliphatic rings. The summed E-state index contributed by atoms with van der Waals surface area (Å²) in [6, 6.07) is 16.9. The van der Waals surface area contributed by atoms with E-state index in [0.29, 0.717) is 0 Å². The highest BCUT2D eigenvalue weighted by Gasteiger charge is 2.08.